The van der Waals surface area contributed by atoms with Crippen molar-refractivity contribution in [2.75, 3.05) is 11.5 Å². The van der Waals surface area contributed by atoms with E-state index in [1.54, 1.807) is 22.8 Å². The van der Waals surface area contributed by atoms with Crippen molar-refractivity contribution >= 4 is 17.7 Å². The maximum absolute atomic E-state index is 12.6. The summed E-state index contributed by atoms with van der Waals surface area (Å²) < 4.78 is 12.5. The van der Waals surface area contributed by atoms with Crippen LogP contribution in [0.3, 0.4) is 0 Å². The van der Waals surface area contributed by atoms with Crippen LogP contribution in [-0.4, -0.2) is 62.0 Å². The van der Waals surface area contributed by atoms with Crippen LogP contribution in [0, 0.1) is 5.92 Å². The number of amides is 1. The number of rotatable bonds is 6. The summed E-state index contributed by atoms with van der Waals surface area (Å²) in [6.45, 7) is 3.85. The van der Waals surface area contributed by atoms with E-state index in [0.717, 1.165) is 22.4 Å². The Bertz CT molecular complexity index is 1240. The van der Waals surface area contributed by atoms with Crippen molar-refractivity contribution < 1.29 is 24.8 Å². The van der Waals surface area contributed by atoms with Crippen molar-refractivity contribution in [3.8, 4) is 22.6 Å². The Morgan fingerprint density at radius 3 is 2.74 bits per heavy atom. The first-order valence-corrected chi connectivity index (χ1v) is 11.1. The third kappa shape index (κ3) is 3.77. The third-order valence-electron chi connectivity index (χ3n) is 6.42. The van der Waals surface area contributed by atoms with Crippen LogP contribution in [0.25, 0.3) is 22.6 Å². The molecule has 5 rings (SSSR count). The molecule has 1 saturated heterocycles. The zero-order valence-electron chi connectivity index (χ0n) is 19.2. The van der Waals surface area contributed by atoms with Gasteiger partial charge in [-0.25, -0.2) is 14.3 Å². The second kappa shape index (κ2) is 8.49. The zero-order chi connectivity index (χ0) is 24.0. The van der Waals surface area contributed by atoms with Crippen LogP contribution in [0.1, 0.15) is 19.4 Å². The number of aryl methyl sites for hydroxylation is 1. The fourth-order valence-electron chi connectivity index (χ4n) is 4.29. The minimum atomic E-state index is -0.521. The fourth-order valence-corrected chi connectivity index (χ4v) is 4.29. The first-order chi connectivity index (χ1) is 16.3. The molecule has 4 heterocycles. The van der Waals surface area contributed by atoms with E-state index in [1.165, 1.54) is 0 Å². The van der Waals surface area contributed by atoms with Crippen molar-refractivity contribution in [1.29, 1.82) is 0 Å². The van der Waals surface area contributed by atoms with Crippen LogP contribution in [0.4, 0.5) is 10.5 Å². The van der Waals surface area contributed by atoms with E-state index in [2.05, 4.69) is 32.3 Å². The van der Waals surface area contributed by atoms with Gasteiger partial charge in [0, 0.05) is 24.7 Å². The molecule has 1 aromatic carbocycles. The molecule has 11 nitrogen and oxygen atoms in total. The molecule has 11 heteroatoms. The maximum atomic E-state index is 12.6. The first-order valence-electron chi connectivity index (χ1n) is 11.1. The number of hydrogen-bond donors (Lipinski definition) is 1. The van der Waals surface area contributed by atoms with Crippen molar-refractivity contribution in [3.05, 3.63) is 42.1 Å². The monoisotopic (exact) mass is 464 g/mol. The lowest BCUT2D eigenvalue weighted by molar-refractivity contribution is -0.418. The highest BCUT2D eigenvalue weighted by Gasteiger charge is 2.48. The standard InChI is InChI=1S/C23H25N7O4/c1-12(2)20(24)22(31)33-11-19-18-9-15-8-13(5-7-17(15)30(18)23(32)34-19)14-4-6-16(25-10-14)21-26-27-28-29(21)3/h4-8,10,12,18-20H,9,11,24H2,1-3H3/p+1/t18-,19-,20-/m0/s1. The number of pyridine rings is 1. The van der Waals surface area contributed by atoms with Gasteiger partial charge in [0.25, 0.3) is 0 Å². The summed E-state index contributed by atoms with van der Waals surface area (Å²) in [5.74, 6) is 0.283. The molecule has 3 N–H and O–H groups in total. The molecule has 1 amide bonds. The van der Waals surface area contributed by atoms with E-state index < -0.39 is 18.2 Å². The largest absolute Gasteiger partial charge is 0.457 e. The predicted molar refractivity (Wildman–Crippen MR) is 120 cm³/mol. The van der Waals surface area contributed by atoms with Gasteiger partial charge in [0.05, 0.1) is 11.7 Å². The van der Waals surface area contributed by atoms with E-state index in [9.17, 15) is 9.59 Å². The van der Waals surface area contributed by atoms with Crippen LogP contribution in [0.15, 0.2) is 36.5 Å². The van der Waals surface area contributed by atoms with Gasteiger partial charge < -0.3 is 15.2 Å². The molecule has 0 saturated carbocycles. The quantitative estimate of drug-likeness (QED) is 0.533. The number of esters is 1. The Hall–Kier alpha value is -3.86. The maximum Gasteiger partial charge on any atom is 0.415 e. The van der Waals surface area contributed by atoms with E-state index in [1.807, 2.05) is 38.1 Å². The highest BCUT2D eigenvalue weighted by atomic mass is 16.6. The molecule has 0 bridgehead atoms. The molecular weight excluding hydrogens is 438 g/mol. The van der Waals surface area contributed by atoms with Crippen molar-refractivity contribution in [1.82, 2.24) is 25.2 Å². The number of benzene rings is 1. The SMILES string of the molecule is CC(C)[C@H]([NH3+])C(=O)OC[C@@H]1OC(=O)N2c3ccc(-c4ccc(-c5nnnn5C)nc4)cc3C[C@@H]12. The Morgan fingerprint density at radius 2 is 2.06 bits per heavy atom. The van der Waals surface area contributed by atoms with Gasteiger partial charge in [0.15, 0.2) is 18.0 Å². The molecule has 0 spiro atoms. The Labute approximate surface area is 195 Å². The molecule has 176 valence electrons. The second-order valence-electron chi connectivity index (χ2n) is 8.95. The minimum absolute atomic E-state index is 0.0214. The Kier molecular flexibility index (Phi) is 5.48. The molecule has 2 aliphatic rings. The second-order valence-corrected chi connectivity index (χ2v) is 8.95. The van der Waals surface area contributed by atoms with Gasteiger partial charge in [0.2, 0.25) is 0 Å². The van der Waals surface area contributed by atoms with Gasteiger partial charge in [-0.15, -0.1) is 5.10 Å². The van der Waals surface area contributed by atoms with E-state index in [-0.39, 0.29) is 24.5 Å². The van der Waals surface area contributed by atoms with Crippen LogP contribution >= 0.6 is 0 Å². The topological polar surface area (TPSA) is 140 Å². The summed E-state index contributed by atoms with van der Waals surface area (Å²) >= 11 is 0. The Morgan fingerprint density at radius 1 is 1.26 bits per heavy atom. The summed E-state index contributed by atoms with van der Waals surface area (Å²) in [6.07, 6.45) is 1.46. The lowest BCUT2D eigenvalue weighted by Gasteiger charge is -2.18. The first kappa shape index (κ1) is 22.0. The number of quaternary nitrogens is 1. The number of carbonyl (C=O) groups is 2. The highest BCUT2D eigenvalue weighted by molar-refractivity contribution is 5.94. The van der Waals surface area contributed by atoms with Gasteiger partial charge in [-0.05, 0) is 46.2 Å². The average molecular weight is 465 g/mol. The normalized spacial score (nSPS) is 19.7. The minimum Gasteiger partial charge on any atom is -0.457 e. The number of fused-ring (bicyclic) bond motifs is 3. The number of nitrogens with zero attached hydrogens (tertiary/aromatic N) is 6. The smallest absolute Gasteiger partial charge is 0.415 e. The molecule has 34 heavy (non-hydrogen) atoms. The number of hydrogen-bond acceptors (Lipinski definition) is 8. The van der Waals surface area contributed by atoms with Crippen LogP contribution in [0.2, 0.25) is 0 Å². The lowest BCUT2D eigenvalue weighted by atomic mass is 10.0. The summed E-state index contributed by atoms with van der Waals surface area (Å²) in [5, 5.41) is 11.5. The van der Waals surface area contributed by atoms with E-state index in [4.69, 9.17) is 9.47 Å². The number of ether oxygens (including phenoxy) is 2. The third-order valence-corrected chi connectivity index (χ3v) is 6.42. The molecule has 3 aromatic rings. The number of anilines is 1. The number of tetrazole rings is 1. The van der Waals surface area contributed by atoms with Gasteiger partial charge in [-0.3, -0.25) is 9.88 Å². The Balaban J connectivity index is 1.32. The average Bonchev–Trinajstić information content (AvgIpc) is 3.51. The van der Waals surface area contributed by atoms with Gasteiger partial charge >= 0.3 is 12.1 Å². The highest BCUT2D eigenvalue weighted by Crippen LogP contribution is 2.40. The van der Waals surface area contributed by atoms with Crippen molar-refractivity contribution in [3.63, 3.8) is 0 Å². The molecule has 2 aromatic heterocycles. The van der Waals surface area contributed by atoms with Crippen LogP contribution in [0.5, 0.6) is 0 Å². The van der Waals surface area contributed by atoms with E-state index in [0.29, 0.717) is 17.9 Å². The summed E-state index contributed by atoms with van der Waals surface area (Å²) in [6, 6.07) is 9.12. The predicted octanol–water partition coefficient (Wildman–Crippen LogP) is 0.999. The number of aromatic nitrogens is 5. The molecule has 0 unspecified atom stereocenters. The zero-order valence-corrected chi connectivity index (χ0v) is 19.2. The van der Waals surface area contributed by atoms with Gasteiger partial charge in [0.1, 0.15) is 12.3 Å². The molecule has 2 aliphatic heterocycles. The van der Waals surface area contributed by atoms with Gasteiger partial charge in [-0.2, -0.15) is 0 Å². The van der Waals surface area contributed by atoms with Crippen molar-refractivity contribution in [2.45, 2.75) is 38.5 Å². The molecular formula is C23H26N7O4+. The molecule has 0 aliphatic carbocycles. The molecule has 0 radical (unpaired) electrons. The fraction of sp³-hybridized carbons (Fsp3) is 0.391. The molecule has 3 atom stereocenters. The van der Waals surface area contributed by atoms with Crippen molar-refractivity contribution in [2.24, 2.45) is 13.0 Å². The number of carbonyl (C=O) groups excluding carboxylic acids is 2. The molecule has 1 fully saturated rings. The van der Waals surface area contributed by atoms with Crippen LogP contribution < -0.4 is 10.6 Å². The lowest BCUT2D eigenvalue weighted by Crippen LogP contribution is -2.68. The summed E-state index contributed by atoms with van der Waals surface area (Å²) in [4.78, 5) is 30.9. The number of cyclic esters (lactones) is 1. The van der Waals surface area contributed by atoms with E-state index >= 15 is 0 Å². The summed E-state index contributed by atoms with van der Waals surface area (Å²) in [5.41, 5.74) is 8.32. The van der Waals surface area contributed by atoms with Crippen LogP contribution in [-0.2, 0) is 27.7 Å². The van der Waals surface area contributed by atoms with Gasteiger partial charge in [-0.1, -0.05) is 26.0 Å². The summed E-state index contributed by atoms with van der Waals surface area (Å²) in [7, 11) is 1.76.